The third kappa shape index (κ3) is 4.11. The molecule has 26 heavy (non-hydrogen) atoms. The molecule has 0 radical (unpaired) electrons. The van der Waals surface area contributed by atoms with Crippen LogP contribution >= 0.6 is 0 Å². The van der Waals surface area contributed by atoms with Gasteiger partial charge in [-0.1, -0.05) is 43.2 Å². The number of hydrogen-bond acceptors (Lipinski definition) is 4. The zero-order valence-corrected chi connectivity index (χ0v) is 14.9. The van der Waals surface area contributed by atoms with Crippen LogP contribution in [-0.2, 0) is 6.54 Å². The van der Waals surface area contributed by atoms with Crippen LogP contribution in [0.4, 0.5) is 5.69 Å². The van der Waals surface area contributed by atoms with Crippen LogP contribution in [0.15, 0.2) is 48.5 Å². The maximum atomic E-state index is 12.3. The van der Waals surface area contributed by atoms with Gasteiger partial charge in [-0.25, -0.2) is 0 Å². The summed E-state index contributed by atoms with van der Waals surface area (Å²) in [6, 6.07) is 14.9. The van der Waals surface area contributed by atoms with Crippen LogP contribution in [-0.4, -0.2) is 29.8 Å². The minimum absolute atomic E-state index is 0.160. The van der Waals surface area contributed by atoms with E-state index in [1.165, 1.54) is 4.90 Å². The zero-order valence-electron chi connectivity index (χ0n) is 14.9. The lowest BCUT2D eigenvalue weighted by Gasteiger charge is -2.13. The molecular weight excluding hydrogens is 326 g/mol. The molecule has 2 amide bonds. The van der Waals surface area contributed by atoms with E-state index in [0.29, 0.717) is 17.7 Å². The van der Waals surface area contributed by atoms with Gasteiger partial charge in [0.15, 0.2) is 0 Å². The van der Waals surface area contributed by atoms with E-state index in [9.17, 15) is 9.59 Å². The van der Waals surface area contributed by atoms with E-state index in [0.717, 1.165) is 50.0 Å². The monoisotopic (exact) mass is 351 g/mol. The van der Waals surface area contributed by atoms with Gasteiger partial charge in [0.25, 0.3) is 11.8 Å². The first-order valence-corrected chi connectivity index (χ1v) is 9.18. The Morgan fingerprint density at radius 1 is 0.808 bits per heavy atom. The number of nitrogens with one attached hydrogen (secondary N) is 1. The van der Waals surface area contributed by atoms with Gasteiger partial charge in [-0.05, 0) is 43.1 Å². The number of fused-ring (bicyclic) bond motifs is 1. The number of amides is 2. The number of nitrogen functional groups attached to an aromatic ring is 1. The van der Waals surface area contributed by atoms with Gasteiger partial charge in [0.05, 0.1) is 11.1 Å². The lowest BCUT2D eigenvalue weighted by atomic mass is 10.1. The number of benzene rings is 2. The molecule has 0 atom stereocenters. The van der Waals surface area contributed by atoms with Crippen molar-refractivity contribution in [2.75, 3.05) is 18.8 Å². The highest BCUT2D eigenvalue weighted by atomic mass is 16.2. The first-order chi connectivity index (χ1) is 12.7. The first-order valence-electron chi connectivity index (χ1n) is 9.18. The number of rotatable bonds is 9. The lowest BCUT2D eigenvalue weighted by molar-refractivity contribution is 0.0651. The van der Waals surface area contributed by atoms with Crippen molar-refractivity contribution < 1.29 is 9.59 Å². The number of carbonyl (C=O) groups excluding carboxylic acids is 2. The second-order valence-electron chi connectivity index (χ2n) is 6.60. The highest BCUT2D eigenvalue weighted by Gasteiger charge is 2.34. The quantitative estimate of drug-likeness (QED) is 0.413. The second-order valence-corrected chi connectivity index (χ2v) is 6.60. The topological polar surface area (TPSA) is 75.4 Å². The van der Waals surface area contributed by atoms with Crippen molar-refractivity contribution in [2.24, 2.45) is 0 Å². The standard InChI is InChI=1S/C21H25N3O2/c22-19-12-6-3-9-16(19)15-23-13-7-1-2-8-14-24-20(25)17-10-4-5-11-18(17)21(24)26/h3-6,9-12,23H,1-2,7-8,13-15,22H2. The van der Waals surface area contributed by atoms with Crippen LogP contribution in [0.1, 0.15) is 52.0 Å². The second kappa shape index (κ2) is 8.63. The molecule has 1 aliphatic heterocycles. The van der Waals surface area contributed by atoms with Crippen LogP contribution in [0.2, 0.25) is 0 Å². The van der Waals surface area contributed by atoms with Gasteiger partial charge >= 0.3 is 0 Å². The molecule has 1 aliphatic rings. The predicted molar refractivity (Wildman–Crippen MR) is 103 cm³/mol. The third-order valence-corrected chi connectivity index (χ3v) is 4.73. The summed E-state index contributed by atoms with van der Waals surface area (Å²) in [7, 11) is 0. The summed E-state index contributed by atoms with van der Waals surface area (Å²) in [5.41, 5.74) is 8.92. The molecule has 0 saturated carbocycles. The SMILES string of the molecule is Nc1ccccc1CNCCCCCCN1C(=O)c2ccccc2C1=O. The number of nitrogens with zero attached hydrogens (tertiary/aromatic N) is 1. The highest BCUT2D eigenvalue weighted by molar-refractivity contribution is 6.21. The number of unbranched alkanes of at least 4 members (excludes halogenated alkanes) is 3. The van der Waals surface area contributed by atoms with Crippen molar-refractivity contribution in [3.8, 4) is 0 Å². The fourth-order valence-corrected chi connectivity index (χ4v) is 3.23. The largest absolute Gasteiger partial charge is 0.398 e. The summed E-state index contributed by atoms with van der Waals surface area (Å²) in [5, 5.41) is 3.40. The molecule has 136 valence electrons. The van der Waals surface area contributed by atoms with E-state index in [1.807, 2.05) is 24.3 Å². The normalized spacial score (nSPS) is 13.3. The van der Waals surface area contributed by atoms with E-state index >= 15 is 0 Å². The minimum Gasteiger partial charge on any atom is -0.398 e. The van der Waals surface area contributed by atoms with Gasteiger partial charge in [0, 0.05) is 18.8 Å². The molecule has 1 heterocycles. The maximum Gasteiger partial charge on any atom is 0.261 e. The molecule has 0 aliphatic carbocycles. The summed E-state index contributed by atoms with van der Waals surface area (Å²) >= 11 is 0. The van der Waals surface area contributed by atoms with Crippen LogP contribution in [0.25, 0.3) is 0 Å². The Labute approximate surface area is 154 Å². The molecule has 3 N–H and O–H groups in total. The van der Waals surface area contributed by atoms with Crippen molar-refractivity contribution in [2.45, 2.75) is 32.2 Å². The van der Waals surface area contributed by atoms with Crippen LogP contribution in [0.3, 0.4) is 0 Å². The Morgan fingerprint density at radius 2 is 1.42 bits per heavy atom. The zero-order chi connectivity index (χ0) is 18.4. The summed E-state index contributed by atoms with van der Waals surface area (Å²) in [5.74, 6) is -0.319. The van der Waals surface area contributed by atoms with Crippen LogP contribution in [0, 0.1) is 0 Å². The summed E-state index contributed by atoms with van der Waals surface area (Å²) in [4.78, 5) is 25.9. The van der Waals surface area contributed by atoms with E-state index in [4.69, 9.17) is 5.73 Å². The molecule has 5 nitrogen and oxygen atoms in total. The lowest BCUT2D eigenvalue weighted by Crippen LogP contribution is -2.30. The van der Waals surface area contributed by atoms with Gasteiger partial charge in [-0.15, -0.1) is 0 Å². The van der Waals surface area contributed by atoms with Gasteiger partial charge in [-0.2, -0.15) is 0 Å². The fraction of sp³-hybridized carbons (Fsp3) is 0.333. The Balaban J connectivity index is 1.30. The molecule has 0 saturated heterocycles. The van der Waals surface area contributed by atoms with E-state index in [2.05, 4.69) is 5.32 Å². The van der Waals surface area contributed by atoms with Crippen molar-refractivity contribution in [3.05, 3.63) is 65.2 Å². The summed E-state index contributed by atoms with van der Waals surface area (Å²) in [6.07, 6.45) is 3.98. The van der Waals surface area contributed by atoms with E-state index in [-0.39, 0.29) is 11.8 Å². The highest BCUT2D eigenvalue weighted by Crippen LogP contribution is 2.22. The van der Waals surface area contributed by atoms with Gasteiger partial charge in [-0.3, -0.25) is 14.5 Å². The van der Waals surface area contributed by atoms with Crippen molar-refractivity contribution in [1.82, 2.24) is 10.2 Å². The predicted octanol–water partition coefficient (Wildman–Crippen LogP) is 3.22. The molecule has 0 aromatic heterocycles. The van der Waals surface area contributed by atoms with Crippen molar-refractivity contribution in [1.29, 1.82) is 0 Å². The van der Waals surface area contributed by atoms with Crippen LogP contribution < -0.4 is 11.1 Å². The molecule has 3 rings (SSSR count). The van der Waals surface area contributed by atoms with E-state index < -0.39 is 0 Å². The average molecular weight is 351 g/mol. The van der Waals surface area contributed by atoms with Gasteiger partial charge in [0.2, 0.25) is 0 Å². The summed E-state index contributed by atoms with van der Waals surface area (Å²) < 4.78 is 0. The van der Waals surface area contributed by atoms with Crippen molar-refractivity contribution in [3.63, 3.8) is 0 Å². The summed E-state index contributed by atoms with van der Waals surface area (Å²) in [6.45, 7) is 2.21. The third-order valence-electron chi connectivity index (χ3n) is 4.73. The molecule has 0 spiro atoms. The van der Waals surface area contributed by atoms with Crippen LogP contribution in [0.5, 0.6) is 0 Å². The maximum absolute atomic E-state index is 12.3. The molecule has 0 bridgehead atoms. The first kappa shape index (κ1) is 18.1. The number of para-hydroxylation sites is 1. The number of nitrogens with two attached hydrogens (primary N) is 1. The minimum atomic E-state index is -0.160. The van der Waals surface area contributed by atoms with Crippen molar-refractivity contribution >= 4 is 17.5 Å². The molecule has 2 aromatic carbocycles. The van der Waals surface area contributed by atoms with Gasteiger partial charge in [0.1, 0.15) is 0 Å². The molecule has 2 aromatic rings. The Hall–Kier alpha value is -2.66. The number of hydrogen-bond donors (Lipinski definition) is 2. The Bertz CT molecular complexity index is 753. The Kier molecular flexibility index (Phi) is 6.02. The number of imide groups is 1. The van der Waals surface area contributed by atoms with E-state index in [1.54, 1.807) is 24.3 Å². The molecule has 5 heteroatoms. The Morgan fingerprint density at radius 3 is 2.12 bits per heavy atom. The average Bonchev–Trinajstić information content (AvgIpc) is 2.90. The molecule has 0 unspecified atom stereocenters. The smallest absolute Gasteiger partial charge is 0.261 e. The molecular formula is C21H25N3O2. The fourth-order valence-electron chi connectivity index (χ4n) is 3.23. The van der Waals surface area contributed by atoms with Gasteiger partial charge < -0.3 is 11.1 Å². The number of carbonyl (C=O) groups is 2. The molecule has 0 fully saturated rings. The number of anilines is 1.